The Morgan fingerprint density at radius 2 is 1.50 bits per heavy atom. The topological polar surface area (TPSA) is 54.4 Å². The van der Waals surface area contributed by atoms with Crippen molar-refractivity contribution in [3.63, 3.8) is 0 Å². The summed E-state index contributed by atoms with van der Waals surface area (Å²) < 4.78 is 34.5. The minimum atomic E-state index is -2.17. The molecule has 1 fully saturated rings. The van der Waals surface area contributed by atoms with Gasteiger partial charge in [-0.2, -0.15) is 0 Å². The molecule has 2 aromatic rings. The van der Waals surface area contributed by atoms with Crippen LogP contribution >= 0.6 is 11.6 Å². The molecule has 0 radical (unpaired) electrons. The van der Waals surface area contributed by atoms with E-state index in [-0.39, 0.29) is 24.0 Å². The molecule has 2 aliphatic carbocycles. The number of rotatable bonds is 2. The molecular formula is C22H19ClO3. The van der Waals surface area contributed by atoms with E-state index in [1.165, 1.54) is 12.1 Å². The highest BCUT2D eigenvalue weighted by atomic mass is 35.5. The average molecular weight is 371 g/mol. The molecule has 0 amide bonds. The number of ketones is 2. The van der Waals surface area contributed by atoms with E-state index in [0.717, 1.165) is 5.56 Å². The molecule has 0 spiro atoms. The lowest BCUT2D eigenvalue weighted by Gasteiger charge is -2.31. The van der Waals surface area contributed by atoms with Crippen molar-refractivity contribution in [2.45, 2.75) is 31.5 Å². The first-order valence-corrected chi connectivity index (χ1v) is 8.78. The van der Waals surface area contributed by atoms with Crippen LogP contribution < -0.4 is 0 Å². The van der Waals surface area contributed by atoms with E-state index in [1.807, 2.05) is 0 Å². The minimum absolute atomic E-state index is 0.0414. The van der Waals surface area contributed by atoms with Crippen molar-refractivity contribution < 1.29 is 20.2 Å². The highest BCUT2D eigenvalue weighted by molar-refractivity contribution is 6.52. The lowest BCUT2D eigenvalue weighted by atomic mass is 9.72. The summed E-state index contributed by atoms with van der Waals surface area (Å²) in [7, 11) is 0. The van der Waals surface area contributed by atoms with Crippen molar-refractivity contribution in [3.05, 3.63) is 75.8 Å². The van der Waals surface area contributed by atoms with Gasteiger partial charge in [-0.15, -0.1) is 0 Å². The van der Waals surface area contributed by atoms with Crippen LogP contribution in [0.1, 0.15) is 58.5 Å². The fourth-order valence-electron chi connectivity index (χ4n) is 3.49. The van der Waals surface area contributed by atoms with Crippen LogP contribution in [0.5, 0.6) is 0 Å². The van der Waals surface area contributed by atoms with Crippen molar-refractivity contribution in [2.24, 2.45) is 5.92 Å². The van der Waals surface area contributed by atoms with Crippen LogP contribution in [0.2, 0.25) is 5.02 Å². The van der Waals surface area contributed by atoms with Crippen LogP contribution in [-0.4, -0.2) is 16.7 Å². The Morgan fingerprint density at radius 1 is 0.885 bits per heavy atom. The summed E-state index contributed by atoms with van der Waals surface area (Å²) in [4.78, 5) is 25.4. The van der Waals surface area contributed by atoms with Crippen LogP contribution in [-0.2, 0) is 4.79 Å². The lowest BCUT2D eigenvalue weighted by Crippen LogP contribution is -2.29. The molecule has 26 heavy (non-hydrogen) atoms. The molecule has 1 saturated carbocycles. The molecule has 0 saturated heterocycles. The lowest BCUT2D eigenvalue weighted by molar-refractivity contribution is -0.112. The third-order valence-corrected chi connectivity index (χ3v) is 5.15. The van der Waals surface area contributed by atoms with Crippen molar-refractivity contribution in [3.8, 4) is 0 Å². The van der Waals surface area contributed by atoms with Crippen LogP contribution in [0.3, 0.4) is 0 Å². The second-order valence-corrected chi connectivity index (χ2v) is 6.90. The summed E-state index contributed by atoms with van der Waals surface area (Å²) in [6.45, 7) is 0. The molecule has 2 aliphatic rings. The van der Waals surface area contributed by atoms with E-state index in [9.17, 15) is 14.7 Å². The Bertz CT molecular complexity index is 1060. The van der Waals surface area contributed by atoms with Gasteiger partial charge in [0.2, 0.25) is 11.6 Å². The number of hydrogen-bond donors (Lipinski definition) is 1. The maximum absolute atomic E-state index is 12.8. The molecule has 0 bridgehead atoms. The summed E-state index contributed by atoms with van der Waals surface area (Å²) in [5.41, 5.74) is 0.451. The summed E-state index contributed by atoms with van der Waals surface area (Å²) >= 11 is 5.92. The van der Waals surface area contributed by atoms with E-state index in [4.69, 9.17) is 17.1 Å². The van der Waals surface area contributed by atoms with Gasteiger partial charge in [0, 0.05) is 27.2 Å². The molecule has 4 heteroatoms. The number of benzene rings is 2. The van der Waals surface area contributed by atoms with Gasteiger partial charge < -0.3 is 5.11 Å². The Labute approximate surface area is 162 Å². The van der Waals surface area contributed by atoms with Crippen LogP contribution in [0, 0.1) is 5.92 Å². The van der Waals surface area contributed by atoms with Crippen molar-refractivity contribution in [1.29, 1.82) is 0 Å². The number of carbonyl (C=O) groups is 2. The Balaban J connectivity index is 1.80. The number of carbonyl (C=O) groups excluding carboxylic acids is 2. The fraction of sp³-hybridized carbons (Fsp3) is 0.273. The number of aliphatic hydroxyl groups is 1. The number of halogens is 1. The molecule has 0 unspecified atom stereocenters. The van der Waals surface area contributed by atoms with E-state index < -0.39 is 47.5 Å². The smallest absolute Gasteiger partial charge is 0.234 e. The van der Waals surface area contributed by atoms with Gasteiger partial charge in [-0.25, -0.2) is 0 Å². The van der Waals surface area contributed by atoms with Gasteiger partial charge in [0.25, 0.3) is 0 Å². The molecule has 0 aliphatic heterocycles. The van der Waals surface area contributed by atoms with E-state index in [2.05, 4.69) is 0 Å². The zero-order valence-corrected chi connectivity index (χ0v) is 14.6. The number of hydrogen-bond acceptors (Lipinski definition) is 3. The standard InChI is InChI=1S/C22H19ClO3/c23-16-11-9-14(10-12-16)13-5-7-15(8-6-13)19-20(24)17-3-1-2-4-18(17)21(25)22(19)26/h1-4,9-13,15,24H,5-8H2/i7D2,8D2. The predicted octanol–water partition coefficient (Wildman–Crippen LogP) is 5.35. The van der Waals surface area contributed by atoms with Crippen molar-refractivity contribution in [1.82, 2.24) is 0 Å². The van der Waals surface area contributed by atoms with Crippen molar-refractivity contribution in [2.75, 3.05) is 0 Å². The number of aliphatic hydroxyl groups excluding tert-OH is 1. The molecule has 0 heterocycles. The summed E-state index contributed by atoms with van der Waals surface area (Å²) in [5, 5.41) is 11.3. The summed E-state index contributed by atoms with van der Waals surface area (Å²) in [6.07, 6.45) is -4.45. The van der Waals surface area contributed by atoms with Crippen molar-refractivity contribution >= 4 is 28.9 Å². The quantitative estimate of drug-likeness (QED) is 0.725. The molecule has 0 aromatic heterocycles. The summed E-state index contributed by atoms with van der Waals surface area (Å²) in [5.74, 6) is -4.43. The van der Waals surface area contributed by atoms with Gasteiger partial charge in [0.1, 0.15) is 5.76 Å². The molecule has 1 N–H and O–H groups in total. The largest absolute Gasteiger partial charge is 0.507 e. The van der Waals surface area contributed by atoms with Crippen LogP contribution in [0.25, 0.3) is 5.76 Å². The van der Waals surface area contributed by atoms with E-state index >= 15 is 0 Å². The molecule has 4 rings (SSSR count). The van der Waals surface area contributed by atoms with Gasteiger partial charge in [-0.1, -0.05) is 48.0 Å². The normalized spacial score (nSPS) is 29.3. The van der Waals surface area contributed by atoms with Crippen LogP contribution in [0.4, 0.5) is 0 Å². The maximum atomic E-state index is 12.8. The zero-order valence-electron chi connectivity index (χ0n) is 17.8. The van der Waals surface area contributed by atoms with Gasteiger partial charge in [-0.05, 0) is 55.1 Å². The molecule has 0 atom stereocenters. The highest BCUT2D eigenvalue weighted by Crippen LogP contribution is 2.42. The Morgan fingerprint density at radius 3 is 2.15 bits per heavy atom. The Hall–Kier alpha value is -2.39. The van der Waals surface area contributed by atoms with Crippen LogP contribution in [0.15, 0.2) is 54.1 Å². The second-order valence-electron chi connectivity index (χ2n) is 6.46. The SMILES string of the molecule is [2H]C1([2H])CC(c2ccc(Cl)cc2)CC([2H])([2H])C1C1=C(O)c2ccccc2C(=O)C1=O. The average Bonchev–Trinajstić information content (AvgIpc) is 2.68. The van der Waals surface area contributed by atoms with Gasteiger partial charge in [0.05, 0.1) is 0 Å². The fourth-order valence-corrected chi connectivity index (χ4v) is 3.62. The molecule has 2 aromatic carbocycles. The van der Waals surface area contributed by atoms with E-state index in [1.54, 1.807) is 36.4 Å². The van der Waals surface area contributed by atoms with E-state index in [0.29, 0.717) is 5.02 Å². The molecular weight excluding hydrogens is 348 g/mol. The third-order valence-electron chi connectivity index (χ3n) is 4.90. The van der Waals surface area contributed by atoms with Gasteiger partial charge in [0.15, 0.2) is 0 Å². The number of fused-ring (bicyclic) bond motifs is 1. The molecule has 3 nitrogen and oxygen atoms in total. The number of allylic oxidation sites excluding steroid dienone is 1. The maximum Gasteiger partial charge on any atom is 0.234 e. The van der Waals surface area contributed by atoms with Gasteiger partial charge >= 0.3 is 0 Å². The molecule has 132 valence electrons. The highest BCUT2D eigenvalue weighted by Gasteiger charge is 2.38. The first kappa shape index (κ1) is 12.9. The Kier molecular flexibility index (Phi) is 3.33. The number of Topliss-reactive ketones (excluding diaryl/α,β-unsaturated/α-hetero) is 2. The zero-order chi connectivity index (χ0) is 21.8. The first-order valence-electron chi connectivity index (χ1n) is 10.4. The monoisotopic (exact) mass is 370 g/mol. The summed E-state index contributed by atoms with van der Waals surface area (Å²) in [6, 6.07) is 12.9. The first-order chi connectivity index (χ1) is 14.0. The second kappa shape index (κ2) is 6.73. The predicted molar refractivity (Wildman–Crippen MR) is 101 cm³/mol. The minimum Gasteiger partial charge on any atom is -0.507 e. The third kappa shape index (κ3) is 2.86. The van der Waals surface area contributed by atoms with Gasteiger partial charge in [-0.3, -0.25) is 9.59 Å².